The fourth-order valence-electron chi connectivity index (χ4n) is 4.55. The number of carbonyl (C=O) groups excluding carboxylic acids is 1. The molecule has 5 heteroatoms. The Hall–Kier alpha value is -2.01. The summed E-state index contributed by atoms with van der Waals surface area (Å²) in [6.45, 7) is 0.869. The maximum Gasteiger partial charge on any atom is 0.407 e. The van der Waals surface area contributed by atoms with Crippen molar-refractivity contribution in [2.75, 3.05) is 20.7 Å². The molecule has 3 atom stereocenters. The van der Waals surface area contributed by atoms with E-state index < -0.39 is 0 Å². The summed E-state index contributed by atoms with van der Waals surface area (Å²) in [7, 11) is 5.70. The second-order valence-electron chi connectivity index (χ2n) is 6.89. The van der Waals surface area contributed by atoms with Gasteiger partial charge in [0.2, 0.25) is 0 Å². The van der Waals surface area contributed by atoms with Gasteiger partial charge in [-0.1, -0.05) is 12.1 Å². The standard InChI is InChI=1S/C18H23N3O2/c1-20-9-11-7-16-14(13-5-4-6-15(20)17(11)13)8-12(10-21(16)2)19-18(22)23-3/h4-6,9,12,14,16H,7-8,10H2,1-3H3,(H,19,22)/t12-,14+,16+/m0/s1. The minimum absolute atomic E-state index is 0.134. The van der Waals surface area contributed by atoms with Crippen molar-refractivity contribution in [3.63, 3.8) is 0 Å². The molecule has 23 heavy (non-hydrogen) atoms. The smallest absolute Gasteiger partial charge is 0.407 e. The van der Waals surface area contributed by atoms with Gasteiger partial charge in [0.15, 0.2) is 0 Å². The molecule has 1 aromatic carbocycles. The lowest BCUT2D eigenvalue weighted by molar-refractivity contribution is 0.116. The number of nitrogens with one attached hydrogen (secondary N) is 1. The Morgan fingerprint density at radius 2 is 2.17 bits per heavy atom. The van der Waals surface area contributed by atoms with E-state index in [2.05, 4.69) is 53.3 Å². The third kappa shape index (κ3) is 2.22. The zero-order chi connectivity index (χ0) is 16.1. The van der Waals surface area contributed by atoms with Crippen LogP contribution in [0.5, 0.6) is 0 Å². The van der Waals surface area contributed by atoms with E-state index in [0.29, 0.717) is 12.0 Å². The van der Waals surface area contributed by atoms with Crippen LogP contribution in [0.15, 0.2) is 24.4 Å². The molecule has 1 N–H and O–H groups in total. The number of benzene rings is 1. The Kier molecular flexibility index (Phi) is 3.34. The highest BCUT2D eigenvalue weighted by molar-refractivity contribution is 5.89. The zero-order valence-electron chi connectivity index (χ0n) is 13.9. The molecule has 2 aliphatic rings. The Balaban J connectivity index is 1.73. The van der Waals surface area contributed by atoms with E-state index in [9.17, 15) is 4.79 Å². The van der Waals surface area contributed by atoms with Crippen LogP contribution in [-0.4, -0.2) is 48.3 Å². The lowest BCUT2D eigenvalue weighted by atomic mass is 9.74. The van der Waals surface area contributed by atoms with Gasteiger partial charge >= 0.3 is 6.09 Å². The number of likely N-dealkylation sites (tertiary alicyclic amines) is 1. The van der Waals surface area contributed by atoms with Crippen LogP contribution in [0.3, 0.4) is 0 Å². The third-order valence-electron chi connectivity index (χ3n) is 5.54. The Bertz CT molecular complexity index is 767. The van der Waals surface area contributed by atoms with Crippen molar-refractivity contribution in [1.29, 1.82) is 0 Å². The molecule has 1 saturated heterocycles. The molecule has 1 fully saturated rings. The summed E-state index contributed by atoms with van der Waals surface area (Å²) in [5.41, 5.74) is 4.18. The molecule has 5 nitrogen and oxygen atoms in total. The van der Waals surface area contributed by atoms with Gasteiger partial charge in [0, 0.05) is 48.7 Å². The molecule has 0 radical (unpaired) electrons. The van der Waals surface area contributed by atoms with Crippen molar-refractivity contribution in [3.8, 4) is 0 Å². The van der Waals surface area contributed by atoms with Crippen LogP contribution in [0.2, 0.25) is 0 Å². The molecular weight excluding hydrogens is 290 g/mol. The van der Waals surface area contributed by atoms with Crippen LogP contribution in [0, 0.1) is 0 Å². The van der Waals surface area contributed by atoms with Gasteiger partial charge < -0.3 is 19.5 Å². The van der Waals surface area contributed by atoms with Gasteiger partial charge in [0.1, 0.15) is 0 Å². The van der Waals surface area contributed by atoms with E-state index in [1.54, 1.807) is 0 Å². The number of amides is 1. The number of nitrogens with zero attached hydrogens (tertiary/aromatic N) is 2. The first-order valence-corrected chi connectivity index (χ1v) is 8.20. The Morgan fingerprint density at radius 3 is 2.96 bits per heavy atom. The lowest BCUT2D eigenvalue weighted by Gasteiger charge is -2.45. The number of rotatable bonds is 1. The summed E-state index contributed by atoms with van der Waals surface area (Å²) in [4.78, 5) is 14.0. The molecule has 2 aromatic rings. The van der Waals surface area contributed by atoms with Crippen LogP contribution < -0.4 is 5.32 Å². The number of ether oxygens (including phenoxy) is 1. The zero-order valence-corrected chi connectivity index (χ0v) is 13.9. The van der Waals surface area contributed by atoms with Crippen LogP contribution >= 0.6 is 0 Å². The monoisotopic (exact) mass is 313 g/mol. The number of fused-ring (bicyclic) bond motifs is 2. The minimum Gasteiger partial charge on any atom is -0.453 e. The second kappa shape index (κ2) is 5.27. The second-order valence-corrected chi connectivity index (χ2v) is 6.89. The van der Waals surface area contributed by atoms with E-state index in [1.165, 1.54) is 29.1 Å². The number of hydrogen-bond acceptors (Lipinski definition) is 3. The average molecular weight is 313 g/mol. The van der Waals surface area contributed by atoms with Crippen LogP contribution in [-0.2, 0) is 18.2 Å². The van der Waals surface area contributed by atoms with Crippen molar-refractivity contribution >= 4 is 17.0 Å². The van der Waals surface area contributed by atoms with E-state index in [1.807, 2.05) is 0 Å². The molecule has 2 heterocycles. The topological polar surface area (TPSA) is 46.5 Å². The number of likely N-dealkylation sites (N-methyl/N-ethyl adjacent to an activating group) is 1. The molecule has 0 saturated carbocycles. The summed E-state index contributed by atoms with van der Waals surface area (Å²) >= 11 is 0. The van der Waals surface area contributed by atoms with Crippen LogP contribution in [0.1, 0.15) is 23.5 Å². The third-order valence-corrected chi connectivity index (χ3v) is 5.54. The highest BCUT2D eigenvalue weighted by Gasteiger charge is 2.40. The van der Waals surface area contributed by atoms with Gasteiger partial charge in [0.05, 0.1) is 7.11 Å². The normalized spacial score (nSPS) is 26.8. The highest BCUT2D eigenvalue weighted by atomic mass is 16.5. The van der Waals surface area contributed by atoms with E-state index >= 15 is 0 Å². The molecule has 1 aliphatic carbocycles. The van der Waals surface area contributed by atoms with Gasteiger partial charge in [-0.05, 0) is 37.1 Å². The number of alkyl carbamates (subject to hydrolysis) is 1. The molecule has 1 aliphatic heterocycles. The first-order valence-electron chi connectivity index (χ1n) is 8.20. The maximum absolute atomic E-state index is 11.6. The minimum atomic E-state index is -0.337. The molecule has 0 bridgehead atoms. The number of hydrogen-bond donors (Lipinski definition) is 1. The first-order chi connectivity index (χ1) is 11.1. The predicted molar refractivity (Wildman–Crippen MR) is 89.7 cm³/mol. The fraction of sp³-hybridized carbons (Fsp3) is 0.500. The van der Waals surface area contributed by atoms with Gasteiger partial charge in [-0.25, -0.2) is 4.79 Å². The van der Waals surface area contributed by atoms with Crippen molar-refractivity contribution < 1.29 is 9.53 Å². The van der Waals surface area contributed by atoms with Crippen LogP contribution in [0.4, 0.5) is 4.79 Å². The summed E-state index contributed by atoms with van der Waals surface area (Å²) in [6.07, 6.45) is 3.99. The molecule has 0 spiro atoms. The van der Waals surface area contributed by atoms with Gasteiger partial charge in [-0.15, -0.1) is 0 Å². The first kappa shape index (κ1) is 14.6. The maximum atomic E-state index is 11.6. The summed E-state index contributed by atoms with van der Waals surface area (Å²) in [6, 6.07) is 7.25. The Morgan fingerprint density at radius 1 is 1.35 bits per heavy atom. The van der Waals surface area contributed by atoms with Crippen molar-refractivity contribution in [3.05, 3.63) is 35.5 Å². The van der Waals surface area contributed by atoms with Crippen LogP contribution in [0.25, 0.3) is 10.9 Å². The molecular formula is C18H23N3O2. The SMILES string of the molecule is COC(=O)N[C@H]1C[C@@H]2c3cccc4c3c(cn4C)C[C@H]2N(C)C1. The summed E-state index contributed by atoms with van der Waals surface area (Å²) < 4.78 is 7.00. The van der Waals surface area contributed by atoms with E-state index in [0.717, 1.165) is 19.4 Å². The van der Waals surface area contributed by atoms with Crippen molar-refractivity contribution in [2.24, 2.45) is 7.05 Å². The summed E-state index contributed by atoms with van der Waals surface area (Å²) in [5, 5.41) is 4.40. The average Bonchev–Trinajstić information content (AvgIpc) is 2.86. The molecule has 122 valence electrons. The van der Waals surface area contributed by atoms with Crippen molar-refractivity contribution in [1.82, 2.24) is 14.8 Å². The van der Waals surface area contributed by atoms with E-state index in [-0.39, 0.29) is 12.1 Å². The van der Waals surface area contributed by atoms with Crippen molar-refractivity contribution in [2.45, 2.75) is 30.8 Å². The molecule has 1 aromatic heterocycles. The van der Waals surface area contributed by atoms with E-state index in [4.69, 9.17) is 4.74 Å². The largest absolute Gasteiger partial charge is 0.453 e. The number of aromatic nitrogens is 1. The molecule has 1 amide bonds. The summed E-state index contributed by atoms with van der Waals surface area (Å²) in [5.74, 6) is 0.453. The quantitative estimate of drug-likeness (QED) is 0.878. The fourth-order valence-corrected chi connectivity index (χ4v) is 4.55. The van der Waals surface area contributed by atoms with Gasteiger partial charge in [-0.3, -0.25) is 0 Å². The lowest BCUT2D eigenvalue weighted by Crippen LogP contribution is -2.54. The number of carbonyl (C=O) groups is 1. The molecule has 0 unspecified atom stereocenters. The van der Waals surface area contributed by atoms with Gasteiger partial charge in [0.25, 0.3) is 0 Å². The molecule has 4 rings (SSSR count). The number of methoxy groups -OCH3 is 1. The van der Waals surface area contributed by atoms with Gasteiger partial charge in [-0.2, -0.15) is 0 Å². The predicted octanol–water partition coefficient (Wildman–Crippen LogP) is 2.25. The highest BCUT2D eigenvalue weighted by Crippen LogP contribution is 2.43. The number of aryl methyl sites for hydroxylation is 1. The Labute approximate surface area is 136 Å². The number of piperidine rings is 1.